The van der Waals surface area contributed by atoms with Gasteiger partial charge in [-0.15, -0.1) is 0 Å². The lowest BCUT2D eigenvalue weighted by molar-refractivity contribution is 0.0955. The van der Waals surface area contributed by atoms with Gasteiger partial charge in [0.1, 0.15) is 11.5 Å². The molecular formula is C16H16N2O3. The summed E-state index contributed by atoms with van der Waals surface area (Å²) in [6.45, 7) is 1.75. The van der Waals surface area contributed by atoms with Gasteiger partial charge in [0.2, 0.25) is 0 Å². The number of hydrazone groups is 1. The van der Waals surface area contributed by atoms with Gasteiger partial charge in [0.05, 0.1) is 12.8 Å². The number of aromatic hydroxyl groups is 1. The summed E-state index contributed by atoms with van der Waals surface area (Å²) >= 11 is 0. The fraction of sp³-hybridized carbons (Fsp3) is 0.125. The minimum absolute atomic E-state index is 0.156. The molecule has 0 saturated heterocycles. The Balaban J connectivity index is 2.06. The van der Waals surface area contributed by atoms with Crippen molar-refractivity contribution in [2.75, 3.05) is 7.11 Å². The molecule has 0 bridgehead atoms. The average Bonchev–Trinajstić information content (AvgIpc) is 2.52. The van der Waals surface area contributed by atoms with E-state index in [-0.39, 0.29) is 11.7 Å². The zero-order chi connectivity index (χ0) is 15.2. The van der Waals surface area contributed by atoms with Crippen molar-refractivity contribution in [3.63, 3.8) is 0 Å². The first kappa shape index (κ1) is 14.6. The second-order valence-corrected chi connectivity index (χ2v) is 4.42. The summed E-state index contributed by atoms with van der Waals surface area (Å²) in [6, 6.07) is 13.4. The van der Waals surface area contributed by atoms with E-state index in [1.165, 1.54) is 0 Å². The molecule has 0 fully saturated rings. The molecule has 1 amide bonds. The van der Waals surface area contributed by atoms with E-state index < -0.39 is 0 Å². The van der Waals surface area contributed by atoms with Crippen molar-refractivity contribution in [1.82, 2.24) is 5.43 Å². The number of phenolic OH excluding ortho intramolecular Hbond substituents is 1. The molecule has 0 aliphatic heterocycles. The molecule has 108 valence electrons. The van der Waals surface area contributed by atoms with Gasteiger partial charge in [-0.2, -0.15) is 5.10 Å². The maximum atomic E-state index is 11.9. The summed E-state index contributed by atoms with van der Waals surface area (Å²) in [6.07, 6.45) is 0. The third-order valence-corrected chi connectivity index (χ3v) is 2.94. The second kappa shape index (κ2) is 6.56. The van der Waals surface area contributed by atoms with Crippen LogP contribution in [0.15, 0.2) is 53.6 Å². The molecule has 2 aromatic carbocycles. The van der Waals surface area contributed by atoms with Crippen LogP contribution in [0.1, 0.15) is 22.8 Å². The van der Waals surface area contributed by atoms with Crippen LogP contribution < -0.4 is 10.2 Å². The number of hydrogen-bond acceptors (Lipinski definition) is 4. The molecule has 0 radical (unpaired) electrons. The molecule has 21 heavy (non-hydrogen) atoms. The van der Waals surface area contributed by atoms with E-state index in [2.05, 4.69) is 10.5 Å². The standard InChI is InChI=1S/C16H16N2O3/c1-11(13-4-3-5-14(19)10-13)17-18-16(20)12-6-8-15(21-2)9-7-12/h3-10,19H,1-2H3,(H,18,20)/b17-11+. The van der Waals surface area contributed by atoms with Crippen LogP contribution >= 0.6 is 0 Å². The number of phenols is 1. The maximum Gasteiger partial charge on any atom is 0.271 e. The highest BCUT2D eigenvalue weighted by molar-refractivity contribution is 6.01. The van der Waals surface area contributed by atoms with Gasteiger partial charge in [0.25, 0.3) is 5.91 Å². The third-order valence-electron chi connectivity index (χ3n) is 2.94. The zero-order valence-corrected chi connectivity index (χ0v) is 11.8. The first-order valence-electron chi connectivity index (χ1n) is 6.38. The summed E-state index contributed by atoms with van der Waals surface area (Å²) < 4.78 is 5.03. The lowest BCUT2D eigenvalue weighted by atomic mass is 10.1. The first-order chi connectivity index (χ1) is 10.1. The van der Waals surface area contributed by atoms with Crippen molar-refractivity contribution in [2.45, 2.75) is 6.92 Å². The van der Waals surface area contributed by atoms with E-state index in [0.717, 1.165) is 5.56 Å². The largest absolute Gasteiger partial charge is 0.508 e. The first-order valence-corrected chi connectivity index (χ1v) is 6.38. The van der Waals surface area contributed by atoms with Crippen molar-refractivity contribution in [2.24, 2.45) is 5.10 Å². The van der Waals surface area contributed by atoms with Gasteiger partial charge in [-0.3, -0.25) is 4.79 Å². The Bertz CT molecular complexity index is 663. The maximum absolute atomic E-state index is 11.9. The Morgan fingerprint density at radius 1 is 1.14 bits per heavy atom. The summed E-state index contributed by atoms with van der Waals surface area (Å²) in [5.41, 5.74) is 4.32. The molecule has 0 unspecified atom stereocenters. The van der Waals surface area contributed by atoms with E-state index >= 15 is 0 Å². The molecule has 5 nitrogen and oxygen atoms in total. The SMILES string of the molecule is COc1ccc(C(=O)N/N=C(\C)c2cccc(O)c2)cc1. The van der Waals surface area contributed by atoms with E-state index in [9.17, 15) is 9.90 Å². The van der Waals surface area contributed by atoms with Crippen LogP contribution in [0.25, 0.3) is 0 Å². The summed E-state index contributed by atoms with van der Waals surface area (Å²) in [5.74, 6) is 0.534. The molecule has 2 aromatic rings. The molecule has 0 spiro atoms. The average molecular weight is 284 g/mol. The van der Waals surface area contributed by atoms with Crippen LogP contribution in [0, 0.1) is 0 Å². The molecule has 0 heterocycles. The predicted octanol–water partition coefficient (Wildman–Crippen LogP) is 2.55. The van der Waals surface area contributed by atoms with Gasteiger partial charge in [0.15, 0.2) is 0 Å². The van der Waals surface area contributed by atoms with Gasteiger partial charge < -0.3 is 9.84 Å². The molecule has 0 saturated carbocycles. The second-order valence-electron chi connectivity index (χ2n) is 4.42. The molecule has 0 atom stereocenters. The molecule has 0 aliphatic rings. The molecule has 2 N–H and O–H groups in total. The lowest BCUT2D eigenvalue weighted by Gasteiger charge is -2.04. The van der Waals surface area contributed by atoms with Crippen molar-refractivity contribution < 1.29 is 14.6 Å². The lowest BCUT2D eigenvalue weighted by Crippen LogP contribution is -2.19. The summed E-state index contributed by atoms with van der Waals surface area (Å²) in [5, 5.41) is 13.4. The van der Waals surface area contributed by atoms with Crippen molar-refractivity contribution >= 4 is 11.6 Å². The molecule has 5 heteroatoms. The number of amides is 1. The number of methoxy groups -OCH3 is 1. The smallest absolute Gasteiger partial charge is 0.271 e. The Labute approximate surface area is 122 Å². The van der Waals surface area contributed by atoms with Crippen LogP contribution in [0.3, 0.4) is 0 Å². The van der Waals surface area contributed by atoms with Crippen LogP contribution in [0.4, 0.5) is 0 Å². The van der Waals surface area contributed by atoms with Gasteiger partial charge in [-0.1, -0.05) is 12.1 Å². The van der Waals surface area contributed by atoms with Crippen LogP contribution in [-0.4, -0.2) is 23.8 Å². The van der Waals surface area contributed by atoms with Crippen LogP contribution in [0.5, 0.6) is 11.5 Å². The van der Waals surface area contributed by atoms with Gasteiger partial charge in [-0.05, 0) is 43.3 Å². The van der Waals surface area contributed by atoms with Crippen LogP contribution in [-0.2, 0) is 0 Å². The Morgan fingerprint density at radius 2 is 1.86 bits per heavy atom. The number of nitrogens with zero attached hydrogens (tertiary/aromatic N) is 1. The van der Waals surface area contributed by atoms with E-state index in [4.69, 9.17) is 4.74 Å². The van der Waals surface area contributed by atoms with Gasteiger partial charge in [0, 0.05) is 11.1 Å². The number of ether oxygens (including phenoxy) is 1. The quantitative estimate of drug-likeness (QED) is 0.669. The van der Waals surface area contributed by atoms with Gasteiger partial charge >= 0.3 is 0 Å². The van der Waals surface area contributed by atoms with Crippen molar-refractivity contribution in [3.05, 3.63) is 59.7 Å². The van der Waals surface area contributed by atoms with Gasteiger partial charge in [-0.25, -0.2) is 5.43 Å². The van der Waals surface area contributed by atoms with Crippen molar-refractivity contribution in [1.29, 1.82) is 0 Å². The molecule has 0 aliphatic carbocycles. The Kier molecular flexibility index (Phi) is 4.56. The normalized spacial score (nSPS) is 11.0. The number of carbonyl (C=O) groups is 1. The van der Waals surface area contributed by atoms with E-state index in [1.807, 2.05) is 0 Å². The number of hydrogen-bond donors (Lipinski definition) is 2. The molecule has 2 rings (SSSR count). The van der Waals surface area contributed by atoms with Crippen LogP contribution in [0.2, 0.25) is 0 Å². The predicted molar refractivity (Wildman–Crippen MR) is 80.8 cm³/mol. The fourth-order valence-electron chi connectivity index (χ4n) is 1.74. The summed E-state index contributed by atoms with van der Waals surface area (Å²) in [7, 11) is 1.57. The number of carbonyl (C=O) groups excluding carboxylic acids is 1. The highest BCUT2D eigenvalue weighted by Crippen LogP contribution is 2.12. The minimum Gasteiger partial charge on any atom is -0.508 e. The van der Waals surface area contributed by atoms with E-state index in [1.54, 1.807) is 62.6 Å². The third kappa shape index (κ3) is 3.82. The molecular weight excluding hydrogens is 268 g/mol. The Hall–Kier alpha value is -2.82. The fourth-order valence-corrected chi connectivity index (χ4v) is 1.74. The number of nitrogens with one attached hydrogen (secondary N) is 1. The number of benzene rings is 2. The minimum atomic E-state index is -0.308. The topological polar surface area (TPSA) is 70.9 Å². The van der Waals surface area contributed by atoms with E-state index in [0.29, 0.717) is 17.0 Å². The summed E-state index contributed by atoms with van der Waals surface area (Å²) in [4.78, 5) is 11.9. The monoisotopic (exact) mass is 284 g/mol. The Morgan fingerprint density at radius 3 is 2.48 bits per heavy atom. The zero-order valence-electron chi connectivity index (χ0n) is 11.8. The highest BCUT2D eigenvalue weighted by Gasteiger charge is 2.05. The highest BCUT2D eigenvalue weighted by atomic mass is 16.5. The number of rotatable bonds is 4. The van der Waals surface area contributed by atoms with Crippen molar-refractivity contribution in [3.8, 4) is 11.5 Å². The molecule has 0 aromatic heterocycles.